The van der Waals surface area contributed by atoms with Gasteiger partial charge in [-0.05, 0) is 24.3 Å². The topological polar surface area (TPSA) is 96.7 Å². The molecular weight excluding hydrogens is 250 g/mol. The number of rotatable bonds is 2. The van der Waals surface area contributed by atoms with Crippen LogP contribution < -0.4 is 11.1 Å². The highest BCUT2D eigenvalue weighted by atomic mass is 32.1. The van der Waals surface area contributed by atoms with E-state index in [1.165, 1.54) is 11.3 Å². The molecule has 0 spiro atoms. The molecule has 0 aliphatic rings. The highest BCUT2D eigenvalue weighted by molar-refractivity contribution is 7.13. The van der Waals surface area contributed by atoms with Gasteiger partial charge in [-0.3, -0.25) is 10.1 Å². The number of fused-ring (bicyclic) bond motifs is 1. The number of hydrogen-bond donors (Lipinski definition) is 3. The second-order valence-corrected chi connectivity index (χ2v) is 4.56. The Hall–Kier alpha value is -2.41. The molecule has 0 saturated carbocycles. The number of benzene rings is 1. The van der Waals surface area contributed by atoms with E-state index >= 15 is 0 Å². The zero-order valence-electron chi connectivity index (χ0n) is 9.18. The molecule has 0 fully saturated rings. The van der Waals surface area contributed by atoms with Gasteiger partial charge in [-0.15, -0.1) is 10.2 Å². The van der Waals surface area contributed by atoms with Gasteiger partial charge in [0.15, 0.2) is 0 Å². The maximum atomic E-state index is 11.9. The van der Waals surface area contributed by atoms with Crippen LogP contribution in [0.15, 0.2) is 29.8 Å². The number of carbonyl (C=O) groups excluding carboxylic acids is 1. The third kappa shape index (κ3) is 1.91. The number of nitrogens with two attached hydrogens (primary N) is 1. The zero-order valence-corrected chi connectivity index (χ0v) is 9.99. The van der Waals surface area contributed by atoms with Crippen molar-refractivity contribution in [2.75, 3.05) is 11.1 Å². The normalized spacial score (nSPS) is 10.7. The molecule has 18 heavy (non-hydrogen) atoms. The highest BCUT2D eigenvalue weighted by Gasteiger charge is 2.11. The van der Waals surface area contributed by atoms with Crippen LogP contribution in [0.5, 0.6) is 0 Å². The van der Waals surface area contributed by atoms with Crippen molar-refractivity contribution in [1.82, 2.24) is 15.2 Å². The summed E-state index contributed by atoms with van der Waals surface area (Å²) in [5.74, 6) is -0.249. The average molecular weight is 259 g/mol. The quantitative estimate of drug-likeness (QED) is 0.612. The smallest absolute Gasteiger partial charge is 0.273 e. The molecular formula is C11H9N5OS. The number of nitrogens with zero attached hydrogens (tertiary/aromatic N) is 2. The lowest BCUT2D eigenvalue weighted by Gasteiger charge is -1.96. The van der Waals surface area contributed by atoms with Crippen molar-refractivity contribution in [3.8, 4) is 0 Å². The average Bonchev–Trinajstić information content (AvgIpc) is 2.96. The first-order valence-corrected chi connectivity index (χ1v) is 6.06. The summed E-state index contributed by atoms with van der Waals surface area (Å²) in [7, 11) is 0. The molecule has 2 aromatic heterocycles. The molecule has 0 radical (unpaired) electrons. The van der Waals surface area contributed by atoms with Crippen molar-refractivity contribution in [1.29, 1.82) is 0 Å². The Balaban J connectivity index is 1.92. The monoisotopic (exact) mass is 259 g/mol. The van der Waals surface area contributed by atoms with Gasteiger partial charge in [-0.25, -0.2) is 0 Å². The molecule has 4 N–H and O–H groups in total. The Morgan fingerprint density at radius 2 is 2.28 bits per heavy atom. The second-order valence-electron chi connectivity index (χ2n) is 3.73. The maximum Gasteiger partial charge on any atom is 0.273 e. The highest BCUT2D eigenvalue weighted by Crippen LogP contribution is 2.19. The molecule has 0 atom stereocenters. The molecule has 0 aliphatic heterocycles. The fraction of sp³-hybridized carbons (Fsp3) is 0. The summed E-state index contributed by atoms with van der Waals surface area (Å²) in [5, 5.41) is 11.4. The van der Waals surface area contributed by atoms with Crippen LogP contribution in [0.25, 0.3) is 10.9 Å². The molecule has 90 valence electrons. The van der Waals surface area contributed by atoms with Crippen LogP contribution in [0.4, 0.5) is 10.8 Å². The van der Waals surface area contributed by atoms with Gasteiger partial charge in [-0.2, -0.15) is 0 Å². The number of aromatic nitrogens is 3. The van der Waals surface area contributed by atoms with Crippen molar-refractivity contribution in [2.24, 2.45) is 0 Å². The van der Waals surface area contributed by atoms with Crippen LogP contribution in [0, 0.1) is 0 Å². The minimum atomic E-state index is -0.249. The lowest BCUT2D eigenvalue weighted by Crippen LogP contribution is -2.11. The van der Waals surface area contributed by atoms with E-state index in [0.717, 1.165) is 10.9 Å². The van der Waals surface area contributed by atoms with E-state index in [0.29, 0.717) is 16.5 Å². The predicted molar refractivity (Wildman–Crippen MR) is 70.6 cm³/mol. The van der Waals surface area contributed by atoms with E-state index < -0.39 is 0 Å². The van der Waals surface area contributed by atoms with Gasteiger partial charge in [-0.1, -0.05) is 11.3 Å². The van der Waals surface area contributed by atoms with Crippen LogP contribution in [-0.4, -0.2) is 21.1 Å². The number of nitrogens with one attached hydrogen (secondary N) is 2. The lowest BCUT2D eigenvalue weighted by atomic mass is 10.2. The standard InChI is InChI=1S/C11H9N5OS/c12-7-1-2-8-6(3-7)4-9(14-8)10(17)15-11-16-13-5-18-11/h1-5,14H,12H2,(H,15,16,17). The van der Waals surface area contributed by atoms with Crippen LogP contribution in [-0.2, 0) is 0 Å². The van der Waals surface area contributed by atoms with Crippen molar-refractivity contribution in [3.63, 3.8) is 0 Å². The van der Waals surface area contributed by atoms with E-state index in [9.17, 15) is 4.79 Å². The van der Waals surface area contributed by atoms with Crippen LogP contribution in [0.3, 0.4) is 0 Å². The summed E-state index contributed by atoms with van der Waals surface area (Å²) in [4.78, 5) is 15.0. The molecule has 3 aromatic rings. The summed E-state index contributed by atoms with van der Waals surface area (Å²) in [5.41, 5.74) is 9.24. The SMILES string of the molecule is Nc1ccc2[nH]c(C(=O)Nc3nncs3)cc2c1. The number of anilines is 2. The van der Waals surface area contributed by atoms with Crippen molar-refractivity contribution in [3.05, 3.63) is 35.5 Å². The Kier molecular flexibility index (Phi) is 2.45. The van der Waals surface area contributed by atoms with Crippen LogP contribution in [0.1, 0.15) is 10.5 Å². The van der Waals surface area contributed by atoms with Crippen LogP contribution in [0.2, 0.25) is 0 Å². The van der Waals surface area contributed by atoms with Crippen molar-refractivity contribution >= 4 is 39.0 Å². The molecule has 7 heteroatoms. The molecule has 1 aromatic carbocycles. The van der Waals surface area contributed by atoms with Gasteiger partial charge in [0.1, 0.15) is 11.2 Å². The number of aromatic amines is 1. The third-order valence-electron chi connectivity index (χ3n) is 2.47. The van der Waals surface area contributed by atoms with Crippen molar-refractivity contribution < 1.29 is 4.79 Å². The molecule has 3 rings (SSSR count). The summed E-state index contributed by atoms with van der Waals surface area (Å²) < 4.78 is 0. The summed E-state index contributed by atoms with van der Waals surface area (Å²) in [6.45, 7) is 0. The summed E-state index contributed by atoms with van der Waals surface area (Å²) in [6, 6.07) is 7.19. The van der Waals surface area contributed by atoms with Gasteiger partial charge < -0.3 is 10.7 Å². The molecule has 6 nitrogen and oxygen atoms in total. The molecule has 0 aliphatic carbocycles. The minimum Gasteiger partial charge on any atom is -0.399 e. The van der Waals surface area contributed by atoms with Gasteiger partial charge in [0.25, 0.3) is 5.91 Å². The largest absolute Gasteiger partial charge is 0.399 e. The van der Waals surface area contributed by atoms with Crippen molar-refractivity contribution in [2.45, 2.75) is 0 Å². The Morgan fingerprint density at radius 3 is 3.06 bits per heavy atom. The molecule has 2 heterocycles. The molecule has 0 unspecified atom stereocenters. The van der Waals surface area contributed by atoms with Gasteiger partial charge in [0.2, 0.25) is 5.13 Å². The fourth-order valence-electron chi connectivity index (χ4n) is 1.67. The molecule has 1 amide bonds. The Morgan fingerprint density at radius 1 is 1.39 bits per heavy atom. The van der Waals surface area contributed by atoms with Gasteiger partial charge >= 0.3 is 0 Å². The lowest BCUT2D eigenvalue weighted by molar-refractivity contribution is 0.102. The van der Waals surface area contributed by atoms with Crippen LogP contribution >= 0.6 is 11.3 Å². The van der Waals surface area contributed by atoms with E-state index in [1.54, 1.807) is 17.6 Å². The van der Waals surface area contributed by atoms with E-state index in [-0.39, 0.29) is 5.91 Å². The zero-order chi connectivity index (χ0) is 12.5. The maximum absolute atomic E-state index is 11.9. The Labute approximate surface area is 106 Å². The van der Waals surface area contributed by atoms with E-state index in [1.807, 2.05) is 12.1 Å². The summed E-state index contributed by atoms with van der Waals surface area (Å²) in [6.07, 6.45) is 0. The first-order valence-electron chi connectivity index (χ1n) is 5.18. The minimum absolute atomic E-state index is 0.249. The number of amides is 1. The number of nitrogen functional groups attached to an aromatic ring is 1. The first kappa shape index (κ1) is 10.7. The first-order chi connectivity index (χ1) is 8.72. The van der Waals surface area contributed by atoms with E-state index in [2.05, 4.69) is 20.5 Å². The number of carbonyl (C=O) groups is 1. The predicted octanol–water partition coefficient (Wildman–Crippen LogP) is 1.85. The summed E-state index contributed by atoms with van der Waals surface area (Å²) >= 11 is 1.27. The fourth-order valence-corrected chi connectivity index (χ4v) is 2.11. The Bertz CT molecular complexity index is 703. The second kappa shape index (κ2) is 4.11. The van der Waals surface area contributed by atoms with Gasteiger partial charge in [0.05, 0.1) is 0 Å². The number of H-pyrrole nitrogens is 1. The molecule has 0 saturated heterocycles. The number of hydrogen-bond acceptors (Lipinski definition) is 5. The third-order valence-corrected chi connectivity index (χ3v) is 3.08. The van der Waals surface area contributed by atoms with Gasteiger partial charge in [0, 0.05) is 16.6 Å². The molecule has 0 bridgehead atoms. The van der Waals surface area contributed by atoms with E-state index in [4.69, 9.17) is 5.73 Å².